The van der Waals surface area contributed by atoms with Crippen LogP contribution in [0.4, 0.5) is 22.7 Å². The molecule has 0 fully saturated rings. The first-order valence-corrected chi connectivity index (χ1v) is 15.5. The number of carbonyl (C=O) groups excluding carboxylic acids is 3. The Bertz CT molecular complexity index is 1830. The number of aromatic nitrogens is 1. The van der Waals surface area contributed by atoms with E-state index in [4.69, 9.17) is 14.2 Å². The zero-order valence-electron chi connectivity index (χ0n) is 24.6. The van der Waals surface area contributed by atoms with Crippen molar-refractivity contribution < 1.29 is 46.2 Å². The van der Waals surface area contributed by atoms with Crippen molar-refractivity contribution in [1.29, 1.82) is 0 Å². The second-order valence-electron chi connectivity index (χ2n) is 9.62. The Labute approximate surface area is 273 Å². The molecule has 2 amide bonds. The minimum absolute atomic E-state index is 0.0492. The van der Waals surface area contributed by atoms with Crippen molar-refractivity contribution in [3.63, 3.8) is 0 Å². The van der Waals surface area contributed by atoms with Gasteiger partial charge in [0, 0.05) is 28.6 Å². The molecule has 2 heterocycles. The van der Waals surface area contributed by atoms with Gasteiger partial charge in [-0.15, -0.1) is 11.3 Å². The Balaban J connectivity index is 1.39. The lowest BCUT2D eigenvalue weighted by Crippen LogP contribution is -2.28. The summed E-state index contributed by atoms with van der Waals surface area (Å²) in [4.78, 5) is 42.1. The first-order valence-electron chi connectivity index (χ1n) is 13.8. The van der Waals surface area contributed by atoms with E-state index in [2.05, 4.69) is 15.4 Å². The normalized spacial score (nSPS) is 14.0. The maximum absolute atomic E-state index is 14.7. The average molecular weight is 689 g/mol. The van der Waals surface area contributed by atoms with Gasteiger partial charge >= 0.3 is 5.97 Å². The maximum atomic E-state index is 14.7. The van der Waals surface area contributed by atoms with Crippen LogP contribution in [-0.2, 0) is 20.7 Å². The van der Waals surface area contributed by atoms with Gasteiger partial charge in [0.05, 0.1) is 25.8 Å². The minimum atomic E-state index is -1.43. The number of para-hydroxylation sites is 1. The molecule has 1 N–H and O–H groups in total. The van der Waals surface area contributed by atoms with Crippen LogP contribution >= 0.6 is 23.1 Å². The van der Waals surface area contributed by atoms with E-state index in [1.54, 1.807) is 24.4 Å². The van der Waals surface area contributed by atoms with Gasteiger partial charge < -0.3 is 14.2 Å². The molecule has 1 atom stereocenters. The van der Waals surface area contributed by atoms with Gasteiger partial charge in [0.1, 0.15) is 39.2 Å². The van der Waals surface area contributed by atoms with Gasteiger partial charge in [0.25, 0.3) is 11.8 Å². The largest absolute Gasteiger partial charge is 0.492 e. The number of nitrogens with zero attached hydrogens (tertiary/aromatic N) is 3. The summed E-state index contributed by atoms with van der Waals surface area (Å²) in [7, 11) is 1.32. The fourth-order valence-electron chi connectivity index (χ4n) is 4.42. The van der Waals surface area contributed by atoms with Crippen molar-refractivity contribution >= 4 is 51.1 Å². The highest BCUT2D eigenvalue weighted by atomic mass is 32.2. The van der Waals surface area contributed by atoms with Gasteiger partial charge in [-0.1, -0.05) is 23.9 Å². The smallest absolute Gasteiger partial charge is 0.311 e. The molecule has 0 radical (unpaired) electrons. The lowest BCUT2D eigenvalue weighted by molar-refractivity contribution is -0.142. The summed E-state index contributed by atoms with van der Waals surface area (Å²) in [5, 5.41) is 8.66. The Morgan fingerprint density at radius 1 is 1.00 bits per heavy atom. The fraction of sp³-hybridized carbons (Fsp3) is 0.194. The number of nitrogens with one attached hydrogen (secondary N) is 1. The summed E-state index contributed by atoms with van der Waals surface area (Å²) < 4.78 is 72.9. The van der Waals surface area contributed by atoms with Gasteiger partial charge in [0.15, 0.2) is 23.2 Å². The topological polar surface area (TPSA) is 119 Å². The molecule has 5 rings (SSSR count). The van der Waals surface area contributed by atoms with E-state index in [-0.39, 0.29) is 40.3 Å². The Morgan fingerprint density at radius 3 is 2.40 bits per heavy atom. The lowest BCUT2D eigenvalue weighted by atomic mass is 10.1. The molecule has 3 aromatic carbocycles. The van der Waals surface area contributed by atoms with Gasteiger partial charge in [-0.05, 0) is 37.3 Å². The van der Waals surface area contributed by atoms with Crippen molar-refractivity contribution in [3.8, 4) is 11.5 Å². The Morgan fingerprint density at radius 2 is 1.72 bits per heavy atom. The molecule has 16 heteroatoms. The zero-order chi connectivity index (χ0) is 33.7. The van der Waals surface area contributed by atoms with E-state index in [1.165, 1.54) is 37.4 Å². The quantitative estimate of drug-likeness (QED) is 0.149. The minimum Gasteiger partial charge on any atom is -0.492 e. The number of ether oxygens (including phenoxy) is 3. The van der Waals surface area contributed by atoms with Crippen molar-refractivity contribution in [2.45, 2.75) is 18.7 Å². The monoisotopic (exact) mass is 688 g/mol. The fourth-order valence-corrected chi connectivity index (χ4v) is 6.32. The molecule has 1 aliphatic heterocycles. The summed E-state index contributed by atoms with van der Waals surface area (Å²) in [5.41, 5.74) is 0.0787. The molecule has 1 aliphatic rings. The number of methoxy groups -OCH3 is 1. The van der Waals surface area contributed by atoms with Crippen molar-refractivity contribution in [2.24, 2.45) is 5.10 Å². The van der Waals surface area contributed by atoms with E-state index in [0.717, 1.165) is 28.1 Å². The highest BCUT2D eigenvalue weighted by Crippen LogP contribution is 2.47. The van der Waals surface area contributed by atoms with Crippen LogP contribution in [-0.4, -0.2) is 53.1 Å². The van der Waals surface area contributed by atoms with Crippen molar-refractivity contribution in [2.75, 3.05) is 25.6 Å². The third-order valence-electron chi connectivity index (χ3n) is 6.43. The number of hydrogen-bond acceptors (Lipinski definition) is 10. The van der Waals surface area contributed by atoms with Gasteiger partial charge in [0.2, 0.25) is 0 Å². The third kappa shape index (κ3) is 7.72. The second-order valence-corrected chi connectivity index (χ2v) is 11.5. The van der Waals surface area contributed by atoms with Gasteiger partial charge in [-0.3, -0.25) is 19.7 Å². The number of hydrogen-bond donors (Lipinski definition) is 1. The van der Waals surface area contributed by atoms with Crippen molar-refractivity contribution in [1.82, 2.24) is 9.99 Å². The molecule has 10 nitrogen and oxygen atoms in total. The standard InChI is InChI=1S/C31H24F4N4O6S2/c1-3-44-25(41)13-19-15-46-31(36-19)37-24(40)14-45-23-6-4-5-20(27(23)43-2)30-39(29(42)26-21(34)11-18(33)12-22(26)35)38-28(47-30)16-7-9-17(32)10-8-16/h4-12,15,30H,3,13-14H2,1-2H3,(H,36,37,40). The predicted octanol–water partition coefficient (Wildman–Crippen LogP) is 6.08. The number of carbonyl (C=O) groups is 3. The third-order valence-corrected chi connectivity index (χ3v) is 8.46. The van der Waals surface area contributed by atoms with Crippen LogP contribution in [0.5, 0.6) is 11.5 Å². The number of halogens is 4. The first-order chi connectivity index (χ1) is 22.6. The summed E-state index contributed by atoms with van der Waals surface area (Å²) in [6.45, 7) is 1.43. The van der Waals surface area contributed by atoms with Crippen LogP contribution in [0.25, 0.3) is 0 Å². The van der Waals surface area contributed by atoms with Crippen LogP contribution in [0, 0.1) is 23.3 Å². The molecule has 1 aromatic heterocycles. The van der Waals surface area contributed by atoms with E-state index >= 15 is 0 Å². The number of thioether (sulfide) groups is 1. The highest BCUT2D eigenvalue weighted by Gasteiger charge is 2.39. The number of benzene rings is 3. The van der Waals surface area contributed by atoms with Crippen LogP contribution in [0.15, 0.2) is 65.1 Å². The van der Waals surface area contributed by atoms with Gasteiger partial charge in [-0.2, -0.15) is 5.10 Å². The number of esters is 1. The summed E-state index contributed by atoms with van der Waals surface area (Å²) >= 11 is 2.11. The predicted molar refractivity (Wildman–Crippen MR) is 165 cm³/mol. The van der Waals surface area contributed by atoms with E-state index < -0.39 is 58.6 Å². The van der Waals surface area contributed by atoms with Crippen molar-refractivity contribution in [3.05, 3.63) is 106 Å². The number of anilines is 1. The molecular weight excluding hydrogens is 664 g/mol. The molecule has 0 saturated heterocycles. The zero-order valence-corrected chi connectivity index (χ0v) is 26.2. The number of thiazole rings is 1. The average Bonchev–Trinajstić information content (AvgIpc) is 3.67. The maximum Gasteiger partial charge on any atom is 0.311 e. The number of amides is 2. The van der Waals surface area contributed by atoms with Crippen LogP contribution in [0.2, 0.25) is 0 Å². The molecule has 1 unspecified atom stereocenters. The molecule has 0 aliphatic carbocycles. The van der Waals surface area contributed by atoms with Crippen LogP contribution < -0.4 is 14.8 Å². The summed E-state index contributed by atoms with van der Waals surface area (Å²) in [6, 6.07) is 10.6. The summed E-state index contributed by atoms with van der Waals surface area (Å²) in [5.74, 6) is -6.65. The lowest BCUT2D eigenvalue weighted by Gasteiger charge is -2.24. The van der Waals surface area contributed by atoms with Crippen LogP contribution in [0.1, 0.15) is 39.5 Å². The molecule has 244 valence electrons. The van der Waals surface area contributed by atoms with Crippen LogP contribution in [0.3, 0.4) is 0 Å². The molecule has 0 spiro atoms. The van der Waals surface area contributed by atoms with E-state index in [9.17, 15) is 31.9 Å². The molecule has 0 bridgehead atoms. The molecule has 4 aromatic rings. The van der Waals surface area contributed by atoms with Gasteiger partial charge in [-0.25, -0.2) is 27.6 Å². The highest BCUT2D eigenvalue weighted by molar-refractivity contribution is 8.14. The SMILES string of the molecule is CCOC(=O)Cc1csc(NC(=O)COc2cccc(C3SC(c4ccc(F)cc4)=NN3C(=O)c3c(F)cc(F)cc3F)c2OC)n1. The van der Waals surface area contributed by atoms with E-state index in [0.29, 0.717) is 23.4 Å². The number of rotatable bonds is 11. The first kappa shape index (κ1) is 33.4. The van der Waals surface area contributed by atoms with E-state index in [1.807, 2.05) is 0 Å². The molecule has 47 heavy (non-hydrogen) atoms. The Kier molecular flexibility index (Phi) is 10.4. The molecular formula is C31H24F4N4O6S2. The summed E-state index contributed by atoms with van der Waals surface area (Å²) in [6.07, 6.45) is -0.0492. The molecule has 0 saturated carbocycles. The second kappa shape index (κ2) is 14.6. The number of hydrazone groups is 1. The Hall–Kier alpha value is -4.96.